The number of benzene rings is 1. The predicted molar refractivity (Wildman–Crippen MR) is 130 cm³/mol. The van der Waals surface area contributed by atoms with Crippen LogP contribution in [0.2, 0.25) is 5.15 Å². The van der Waals surface area contributed by atoms with Crippen molar-refractivity contribution in [2.45, 2.75) is 25.6 Å². The third-order valence-corrected chi connectivity index (χ3v) is 6.85. The van der Waals surface area contributed by atoms with Gasteiger partial charge in [0.2, 0.25) is 5.91 Å². The number of nitrogens with zero attached hydrogens (tertiary/aromatic N) is 3. The summed E-state index contributed by atoms with van der Waals surface area (Å²) in [5.74, 6) is -0.934. The molecule has 0 saturated carbocycles. The smallest absolute Gasteiger partial charge is 0.420 e. The summed E-state index contributed by atoms with van der Waals surface area (Å²) in [6.07, 6.45) is 0.194. The third-order valence-electron chi connectivity index (χ3n) is 6.49. The van der Waals surface area contributed by atoms with Gasteiger partial charge in [-0.25, -0.2) is 4.98 Å². The van der Waals surface area contributed by atoms with Gasteiger partial charge >= 0.3 is 6.18 Å². The average molecular weight is 531 g/mol. The molecule has 1 aromatic carbocycles. The highest BCUT2D eigenvalue weighted by Crippen LogP contribution is 2.37. The van der Waals surface area contributed by atoms with Crippen molar-refractivity contribution in [2.24, 2.45) is 5.92 Å². The summed E-state index contributed by atoms with van der Waals surface area (Å²) in [6.45, 7) is 0.940. The number of fused-ring (bicyclic) bond motifs is 1. The van der Waals surface area contributed by atoms with Gasteiger partial charge in [-0.15, -0.1) is 0 Å². The molecule has 4 aromatic rings. The highest BCUT2D eigenvalue weighted by Gasteiger charge is 2.37. The Hall–Kier alpha value is -3.79. The molecule has 5 rings (SSSR count). The first kappa shape index (κ1) is 24.9. The summed E-state index contributed by atoms with van der Waals surface area (Å²) in [6, 6.07) is 12.0. The molecular formula is C26H22ClF3N4O3. The van der Waals surface area contributed by atoms with Crippen LogP contribution in [-0.2, 0) is 17.5 Å². The number of rotatable bonds is 5. The number of carbonyl (C=O) groups is 2. The van der Waals surface area contributed by atoms with Crippen LogP contribution in [-0.4, -0.2) is 39.2 Å². The summed E-state index contributed by atoms with van der Waals surface area (Å²) < 4.78 is 47.7. The van der Waals surface area contributed by atoms with E-state index in [4.69, 9.17) is 16.0 Å². The number of pyridine rings is 1. The van der Waals surface area contributed by atoms with Crippen molar-refractivity contribution >= 4 is 29.1 Å². The molecule has 1 saturated heterocycles. The third kappa shape index (κ3) is 5.06. The SMILES string of the molecule is O=C(NCc1ccccc1)C1CCN(C(=O)c2nc3c(C(F)(F)F)cc(-c4ccoc4)cn3c2Cl)CC1. The molecule has 3 aromatic heterocycles. The molecule has 0 unspecified atom stereocenters. The quantitative estimate of drug-likeness (QED) is 0.373. The zero-order valence-electron chi connectivity index (χ0n) is 19.5. The van der Waals surface area contributed by atoms with Crippen LogP contribution < -0.4 is 5.32 Å². The molecule has 7 nitrogen and oxygen atoms in total. The highest BCUT2D eigenvalue weighted by molar-refractivity contribution is 6.33. The Balaban J connectivity index is 1.33. The van der Waals surface area contributed by atoms with Crippen LogP contribution in [0.1, 0.15) is 34.5 Å². The van der Waals surface area contributed by atoms with Gasteiger partial charge in [-0.05, 0) is 30.5 Å². The molecule has 2 amide bonds. The molecule has 1 aliphatic rings. The Kier molecular flexibility index (Phi) is 6.68. The van der Waals surface area contributed by atoms with Crippen LogP contribution in [0, 0.1) is 5.92 Å². The molecule has 4 heterocycles. The lowest BCUT2D eigenvalue weighted by molar-refractivity contribution is -0.136. The molecule has 37 heavy (non-hydrogen) atoms. The first-order chi connectivity index (χ1) is 17.7. The van der Waals surface area contributed by atoms with Crippen molar-refractivity contribution < 1.29 is 27.2 Å². The molecular weight excluding hydrogens is 509 g/mol. The minimum absolute atomic E-state index is 0.0942. The van der Waals surface area contributed by atoms with Crippen molar-refractivity contribution in [3.8, 4) is 11.1 Å². The minimum atomic E-state index is -4.72. The number of hydrogen-bond acceptors (Lipinski definition) is 4. The number of likely N-dealkylation sites (tertiary alicyclic amines) is 1. The normalized spacial score (nSPS) is 14.8. The van der Waals surface area contributed by atoms with Crippen LogP contribution in [0.3, 0.4) is 0 Å². The summed E-state index contributed by atoms with van der Waals surface area (Å²) in [5, 5.41) is 2.71. The van der Waals surface area contributed by atoms with Crippen molar-refractivity contribution in [1.82, 2.24) is 19.6 Å². The number of piperidine rings is 1. The van der Waals surface area contributed by atoms with E-state index in [1.807, 2.05) is 30.3 Å². The number of carbonyl (C=O) groups excluding carboxylic acids is 2. The monoisotopic (exact) mass is 530 g/mol. The van der Waals surface area contributed by atoms with Crippen molar-refractivity contribution in [1.29, 1.82) is 0 Å². The first-order valence-corrected chi connectivity index (χ1v) is 12.0. The minimum Gasteiger partial charge on any atom is -0.472 e. The number of nitrogens with one attached hydrogen (secondary N) is 1. The summed E-state index contributed by atoms with van der Waals surface area (Å²) in [7, 11) is 0. The number of imidazole rings is 1. The predicted octanol–water partition coefficient (Wildman–Crippen LogP) is 5.44. The van der Waals surface area contributed by atoms with Gasteiger partial charge in [0.05, 0.1) is 18.1 Å². The fraction of sp³-hybridized carbons (Fsp3) is 0.269. The number of amides is 2. The number of hydrogen-bond donors (Lipinski definition) is 1. The van der Waals surface area contributed by atoms with Crippen LogP contribution in [0.4, 0.5) is 13.2 Å². The molecule has 0 radical (unpaired) electrons. The Labute approximate surface area is 214 Å². The zero-order chi connectivity index (χ0) is 26.2. The molecule has 11 heteroatoms. The molecule has 1 fully saturated rings. The van der Waals surface area contributed by atoms with Crippen LogP contribution in [0.15, 0.2) is 65.6 Å². The maximum Gasteiger partial charge on any atom is 0.420 e. The molecule has 0 bridgehead atoms. The molecule has 1 N–H and O–H groups in total. The summed E-state index contributed by atoms with van der Waals surface area (Å²) in [5.41, 5.74) is -0.0985. The van der Waals surface area contributed by atoms with Gasteiger partial charge in [-0.2, -0.15) is 13.2 Å². The van der Waals surface area contributed by atoms with Gasteiger partial charge in [0.15, 0.2) is 11.3 Å². The maximum absolute atomic E-state index is 13.9. The van der Waals surface area contributed by atoms with E-state index in [0.29, 0.717) is 24.9 Å². The molecule has 0 spiro atoms. The van der Waals surface area contributed by atoms with E-state index in [1.165, 1.54) is 29.7 Å². The fourth-order valence-corrected chi connectivity index (χ4v) is 4.72. The average Bonchev–Trinajstić information content (AvgIpc) is 3.55. The van der Waals surface area contributed by atoms with E-state index in [1.54, 1.807) is 0 Å². The molecule has 0 atom stereocenters. The highest BCUT2D eigenvalue weighted by atomic mass is 35.5. The van der Waals surface area contributed by atoms with E-state index in [2.05, 4.69) is 10.3 Å². The lowest BCUT2D eigenvalue weighted by Crippen LogP contribution is -2.43. The number of furan rings is 1. The van der Waals surface area contributed by atoms with Crippen LogP contribution in [0.5, 0.6) is 0 Å². The molecule has 0 aliphatic carbocycles. The Bertz CT molecular complexity index is 1430. The van der Waals surface area contributed by atoms with Crippen LogP contribution in [0.25, 0.3) is 16.8 Å². The van der Waals surface area contributed by atoms with Crippen molar-refractivity contribution in [3.63, 3.8) is 0 Å². The summed E-state index contributed by atoms with van der Waals surface area (Å²) in [4.78, 5) is 31.3. The first-order valence-electron chi connectivity index (χ1n) is 11.6. The lowest BCUT2D eigenvalue weighted by Gasteiger charge is -2.31. The number of aromatic nitrogens is 2. The second-order valence-corrected chi connectivity index (χ2v) is 9.22. The second-order valence-electron chi connectivity index (χ2n) is 8.87. The largest absolute Gasteiger partial charge is 0.472 e. The Morgan fingerprint density at radius 2 is 1.84 bits per heavy atom. The molecule has 192 valence electrons. The van der Waals surface area contributed by atoms with Gasteiger partial charge in [-0.3, -0.25) is 14.0 Å². The number of alkyl halides is 3. The Morgan fingerprint density at radius 1 is 1.11 bits per heavy atom. The standard InChI is InChI=1S/C26H22ClF3N4O3/c27-22-21(32-23-20(26(28,29)30)12-19(14-34(22)23)18-8-11-37-15-18)25(36)33-9-6-17(7-10-33)24(35)31-13-16-4-2-1-3-5-16/h1-5,8,11-12,14-15,17H,6-7,9-10,13H2,(H,31,35). The van der Waals surface area contributed by atoms with E-state index in [-0.39, 0.29) is 41.3 Å². The van der Waals surface area contributed by atoms with E-state index < -0.39 is 23.3 Å². The zero-order valence-corrected chi connectivity index (χ0v) is 20.2. The lowest BCUT2D eigenvalue weighted by atomic mass is 9.95. The van der Waals surface area contributed by atoms with Gasteiger partial charge in [0.1, 0.15) is 5.15 Å². The molecule has 1 aliphatic heterocycles. The van der Waals surface area contributed by atoms with E-state index in [0.717, 1.165) is 16.0 Å². The van der Waals surface area contributed by atoms with E-state index in [9.17, 15) is 22.8 Å². The van der Waals surface area contributed by atoms with Gasteiger partial charge in [0.25, 0.3) is 5.91 Å². The van der Waals surface area contributed by atoms with Crippen molar-refractivity contribution in [2.75, 3.05) is 13.1 Å². The Morgan fingerprint density at radius 3 is 2.49 bits per heavy atom. The second kappa shape index (κ2) is 9.93. The van der Waals surface area contributed by atoms with Gasteiger partial charge in [0, 0.05) is 42.9 Å². The number of halogens is 4. The van der Waals surface area contributed by atoms with E-state index >= 15 is 0 Å². The maximum atomic E-state index is 13.9. The summed E-state index contributed by atoms with van der Waals surface area (Å²) >= 11 is 6.40. The van der Waals surface area contributed by atoms with Crippen LogP contribution >= 0.6 is 11.6 Å². The van der Waals surface area contributed by atoms with Gasteiger partial charge in [-0.1, -0.05) is 41.9 Å². The van der Waals surface area contributed by atoms with Crippen molar-refractivity contribution in [3.05, 3.63) is 83.2 Å². The topological polar surface area (TPSA) is 79.8 Å². The van der Waals surface area contributed by atoms with Gasteiger partial charge < -0.3 is 14.6 Å². The fourth-order valence-electron chi connectivity index (χ4n) is 4.47.